The normalized spacial score (nSPS) is 27.0. The fraction of sp³-hybridized carbons (Fsp3) is 0.583. The van der Waals surface area contributed by atoms with E-state index in [4.69, 9.17) is 19.7 Å². The van der Waals surface area contributed by atoms with E-state index in [0.29, 0.717) is 31.4 Å². The largest absolute Gasteiger partial charge is 0.390 e. The number of fused-ring (bicyclic) bond motifs is 1. The van der Waals surface area contributed by atoms with Crippen LogP contribution in [0.1, 0.15) is 38.1 Å². The summed E-state index contributed by atoms with van der Waals surface area (Å²) in [6.45, 7) is 8.44. The zero-order valence-corrected chi connectivity index (χ0v) is 21.1. The first-order valence-corrected chi connectivity index (χ1v) is 12.7. The number of aliphatic hydroxyl groups is 3. The Morgan fingerprint density at radius 2 is 1.89 bits per heavy atom. The molecule has 1 aliphatic heterocycles. The third kappa shape index (κ3) is 4.70. The molecular weight excluding hydrogens is 468 g/mol. The molecule has 0 radical (unpaired) electrons. The van der Waals surface area contributed by atoms with E-state index in [9.17, 15) is 15.3 Å². The highest BCUT2D eigenvalue weighted by molar-refractivity contribution is 7.21. The van der Waals surface area contributed by atoms with Gasteiger partial charge < -0.3 is 30.7 Å². The van der Waals surface area contributed by atoms with Crippen LogP contribution >= 0.6 is 11.3 Å². The summed E-state index contributed by atoms with van der Waals surface area (Å²) in [5.41, 5.74) is 2.03. The number of hydrogen-bond acceptors (Lipinski definition) is 11. The molecule has 0 amide bonds. The summed E-state index contributed by atoms with van der Waals surface area (Å²) >= 11 is 1.53. The number of pyridine rings is 1. The van der Waals surface area contributed by atoms with Crippen LogP contribution in [0.25, 0.3) is 20.8 Å². The predicted molar refractivity (Wildman–Crippen MR) is 135 cm³/mol. The molecule has 2 fully saturated rings. The maximum atomic E-state index is 10.8. The van der Waals surface area contributed by atoms with E-state index >= 15 is 0 Å². The summed E-state index contributed by atoms with van der Waals surface area (Å²) < 4.78 is 6.49. The van der Waals surface area contributed by atoms with E-state index in [1.807, 2.05) is 19.9 Å². The molecule has 1 saturated carbocycles. The number of aliphatic hydroxyl groups excluding tert-OH is 2. The highest BCUT2D eigenvalue weighted by atomic mass is 32.1. The summed E-state index contributed by atoms with van der Waals surface area (Å²) in [7, 11) is 0. The first-order chi connectivity index (χ1) is 16.6. The van der Waals surface area contributed by atoms with E-state index in [0.717, 1.165) is 38.6 Å². The van der Waals surface area contributed by atoms with Gasteiger partial charge in [0.25, 0.3) is 0 Å². The highest BCUT2D eigenvalue weighted by Gasteiger charge is 2.48. The van der Waals surface area contributed by atoms with Gasteiger partial charge in [-0.3, -0.25) is 4.98 Å². The Hall–Kier alpha value is -2.44. The third-order valence-corrected chi connectivity index (χ3v) is 8.01. The Balaban J connectivity index is 1.55. The van der Waals surface area contributed by atoms with Crippen molar-refractivity contribution in [3.8, 4) is 10.6 Å². The van der Waals surface area contributed by atoms with Crippen LogP contribution in [0.2, 0.25) is 0 Å². The maximum absolute atomic E-state index is 10.8. The smallest absolute Gasteiger partial charge is 0.225 e. The van der Waals surface area contributed by atoms with E-state index < -0.39 is 29.8 Å². The number of anilines is 2. The Labute approximate surface area is 207 Å². The number of nitrogens with one attached hydrogen (secondary N) is 2. The van der Waals surface area contributed by atoms with Crippen molar-refractivity contribution in [1.82, 2.24) is 19.9 Å². The van der Waals surface area contributed by atoms with Crippen LogP contribution in [0.5, 0.6) is 0 Å². The van der Waals surface area contributed by atoms with Crippen LogP contribution in [-0.2, 0) is 4.74 Å². The van der Waals surface area contributed by atoms with E-state index in [1.54, 1.807) is 20.0 Å². The standard InChI is InChI=1S/C24H32N6O4S/c1-11-17(22-29-18-12(2)25-7-5-16(18)35-22)21(30-23(26-11)27-13-6-8-34-10-13)28-15-9-14(24(3,4)33)19(31)20(15)32/h5,7,13-15,19-20,31-33H,6,8-10H2,1-4H3,(H2,26,27,28,30)/t13-,14-,15?,19+,20-/m0/s1. The second-order valence-electron chi connectivity index (χ2n) is 10.1. The molecule has 1 saturated heterocycles. The molecule has 1 aliphatic carbocycles. The summed E-state index contributed by atoms with van der Waals surface area (Å²) in [4.78, 5) is 18.7. The van der Waals surface area contributed by atoms with E-state index in [2.05, 4.69) is 15.6 Å². The second kappa shape index (κ2) is 9.21. The number of aromatic nitrogens is 4. The van der Waals surface area contributed by atoms with Crippen molar-refractivity contribution in [2.75, 3.05) is 23.8 Å². The molecule has 11 heteroatoms. The van der Waals surface area contributed by atoms with Gasteiger partial charge in [0.1, 0.15) is 22.4 Å². The predicted octanol–water partition coefficient (Wildman–Crippen LogP) is 2.26. The number of rotatable bonds is 6. The van der Waals surface area contributed by atoms with Crippen molar-refractivity contribution < 1.29 is 20.1 Å². The van der Waals surface area contributed by atoms with Gasteiger partial charge in [0, 0.05) is 18.7 Å². The topological polar surface area (TPSA) is 146 Å². The zero-order chi connectivity index (χ0) is 24.9. The second-order valence-corrected chi connectivity index (χ2v) is 11.1. The van der Waals surface area contributed by atoms with Gasteiger partial charge in [-0.05, 0) is 46.6 Å². The molecule has 188 valence electrons. The lowest BCUT2D eigenvalue weighted by Crippen LogP contribution is -2.40. The summed E-state index contributed by atoms with van der Waals surface area (Å²) in [6.07, 6.45) is 0.916. The summed E-state index contributed by atoms with van der Waals surface area (Å²) in [5, 5.41) is 39.4. The van der Waals surface area contributed by atoms with Crippen molar-refractivity contribution in [3.63, 3.8) is 0 Å². The number of hydrogen-bond donors (Lipinski definition) is 5. The van der Waals surface area contributed by atoms with Crippen molar-refractivity contribution in [2.45, 2.75) is 70.4 Å². The molecule has 35 heavy (non-hydrogen) atoms. The van der Waals surface area contributed by atoms with Crippen LogP contribution in [0, 0.1) is 19.8 Å². The molecule has 4 heterocycles. The number of thiazole rings is 1. The first kappa shape index (κ1) is 24.3. The summed E-state index contributed by atoms with van der Waals surface area (Å²) in [5.74, 6) is 0.511. The van der Waals surface area contributed by atoms with Crippen molar-refractivity contribution in [1.29, 1.82) is 0 Å². The molecule has 1 unspecified atom stereocenters. The van der Waals surface area contributed by atoms with Crippen LogP contribution < -0.4 is 10.6 Å². The Morgan fingerprint density at radius 3 is 2.54 bits per heavy atom. The fourth-order valence-corrected chi connectivity index (χ4v) is 6.08. The molecule has 0 spiro atoms. The average Bonchev–Trinajstić information content (AvgIpc) is 3.50. The zero-order valence-electron chi connectivity index (χ0n) is 20.3. The van der Waals surface area contributed by atoms with Gasteiger partial charge in [-0.1, -0.05) is 0 Å². The SMILES string of the molecule is Cc1nc(N[C@H]2CCOC2)nc(NC2C[C@H](C(C)(C)O)[C@@H](O)[C@H]2O)c1-c1nc2c(C)nccc2s1. The van der Waals surface area contributed by atoms with Crippen molar-refractivity contribution in [3.05, 3.63) is 23.7 Å². The molecule has 3 aromatic rings. The highest BCUT2D eigenvalue weighted by Crippen LogP contribution is 2.40. The molecule has 10 nitrogen and oxygen atoms in total. The Bertz CT molecular complexity index is 1220. The molecule has 0 aromatic carbocycles. The van der Waals surface area contributed by atoms with Crippen LogP contribution in [0.15, 0.2) is 12.3 Å². The monoisotopic (exact) mass is 500 g/mol. The molecular formula is C24H32N6O4S. The van der Waals surface area contributed by atoms with E-state index in [1.165, 1.54) is 11.3 Å². The Kier molecular flexibility index (Phi) is 6.39. The molecule has 5 atom stereocenters. The van der Waals surface area contributed by atoms with Crippen molar-refractivity contribution in [2.24, 2.45) is 5.92 Å². The minimum atomic E-state index is -1.13. The average molecular weight is 501 g/mol. The minimum absolute atomic E-state index is 0.128. The van der Waals surface area contributed by atoms with Gasteiger partial charge in [-0.15, -0.1) is 11.3 Å². The van der Waals surface area contributed by atoms with Gasteiger partial charge in [0.2, 0.25) is 5.95 Å². The number of ether oxygens (including phenoxy) is 1. The lowest BCUT2D eigenvalue weighted by molar-refractivity contribution is -0.0601. The molecule has 5 N–H and O–H groups in total. The van der Waals surface area contributed by atoms with Crippen LogP contribution in [-0.4, -0.2) is 78.4 Å². The quantitative estimate of drug-likeness (QED) is 0.342. The van der Waals surface area contributed by atoms with E-state index in [-0.39, 0.29) is 6.04 Å². The van der Waals surface area contributed by atoms with Gasteiger partial charge in [0.15, 0.2) is 0 Å². The number of aryl methyl sites for hydroxylation is 2. The molecule has 5 rings (SSSR count). The minimum Gasteiger partial charge on any atom is -0.390 e. The van der Waals surface area contributed by atoms with Crippen LogP contribution in [0.3, 0.4) is 0 Å². The maximum Gasteiger partial charge on any atom is 0.225 e. The third-order valence-electron chi connectivity index (χ3n) is 6.97. The fourth-order valence-electron chi connectivity index (χ4n) is 4.97. The van der Waals surface area contributed by atoms with Gasteiger partial charge in [-0.2, -0.15) is 4.98 Å². The summed E-state index contributed by atoms with van der Waals surface area (Å²) in [6, 6.07) is 1.56. The lowest BCUT2D eigenvalue weighted by atomic mass is 9.88. The van der Waals surface area contributed by atoms with Crippen molar-refractivity contribution >= 4 is 33.3 Å². The van der Waals surface area contributed by atoms with Crippen LogP contribution in [0.4, 0.5) is 11.8 Å². The van der Waals surface area contributed by atoms with Gasteiger partial charge in [0.05, 0.1) is 52.0 Å². The first-order valence-electron chi connectivity index (χ1n) is 11.9. The number of nitrogens with zero attached hydrogens (tertiary/aromatic N) is 4. The Morgan fingerprint density at radius 1 is 1.09 bits per heavy atom. The van der Waals surface area contributed by atoms with Gasteiger partial charge >= 0.3 is 0 Å². The molecule has 2 aliphatic rings. The molecule has 3 aromatic heterocycles. The van der Waals surface area contributed by atoms with Gasteiger partial charge in [-0.25, -0.2) is 9.97 Å². The molecule has 0 bridgehead atoms. The lowest BCUT2D eigenvalue weighted by Gasteiger charge is -2.28.